The first kappa shape index (κ1) is 17.3. The molecule has 0 aliphatic rings. The van der Waals surface area contributed by atoms with Crippen molar-refractivity contribution in [3.63, 3.8) is 0 Å². The summed E-state index contributed by atoms with van der Waals surface area (Å²) in [6.07, 6.45) is 0. The van der Waals surface area contributed by atoms with Gasteiger partial charge in [0, 0.05) is 19.8 Å². The number of fused-ring (bicyclic) bond motifs is 1. The van der Waals surface area contributed by atoms with Gasteiger partial charge >= 0.3 is 0 Å². The highest BCUT2D eigenvalue weighted by molar-refractivity contribution is 7.98. The lowest BCUT2D eigenvalue weighted by Gasteiger charge is -2.11. The first-order valence-electron chi connectivity index (χ1n) is 7.99. The number of ether oxygens (including phenoxy) is 1. The van der Waals surface area contributed by atoms with E-state index in [2.05, 4.69) is 39.2 Å². The molecule has 0 aliphatic heterocycles. The van der Waals surface area contributed by atoms with Crippen molar-refractivity contribution in [2.45, 2.75) is 5.75 Å². The highest BCUT2D eigenvalue weighted by Crippen LogP contribution is 2.21. The summed E-state index contributed by atoms with van der Waals surface area (Å²) in [6.45, 7) is 0.629. The van der Waals surface area contributed by atoms with Gasteiger partial charge in [-0.3, -0.25) is 0 Å². The Kier molecular flexibility index (Phi) is 5.55. The van der Waals surface area contributed by atoms with E-state index >= 15 is 0 Å². The summed E-state index contributed by atoms with van der Waals surface area (Å²) >= 11 is 1.71. The van der Waals surface area contributed by atoms with E-state index in [1.807, 2.05) is 37.2 Å². The number of rotatable bonds is 7. The molecule has 0 bridgehead atoms. The predicted molar refractivity (Wildman–Crippen MR) is 104 cm³/mol. The van der Waals surface area contributed by atoms with Gasteiger partial charge < -0.3 is 15.4 Å². The van der Waals surface area contributed by atoms with E-state index in [0.29, 0.717) is 24.1 Å². The molecule has 2 N–H and O–H groups in total. The van der Waals surface area contributed by atoms with Crippen LogP contribution in [0.2, 0.25) is 0 Å². The maximum Gasteiger partial charge on any atom is 0.229 e. The monoisotopic (exact) mass is 355 g/mol. The van der Waals surface area contributed by atoms with E-state index in [0.717, 1.165) is 11.5 Å². The van der Waals surface area contributed by atoms with Crippen molar-refractivity contribution < 1.29 is 4.74 Å². The van der Waals surface area contributed by atoms with Crippen molar-refractivity contribution in [1.82, 2.24) is 15.0 Å². The van der Waals surface area contributed by atoms with Gasteiger partial charge in [-0.1, -0.05) is 30.3 Å². The van der Waals surface area contributed by atoms with Crippen LogP contribution in [-0.4, -0.2) is 41.4 Å². The normalized spacial score (nSPS) is 10.8. The minimum Gasteiger partial charge on any atom is -0.493 e. The molecule has 25 heavy (non-hydrogen) atoms. The van der Waals surface area contributed by atoms with E-state index in [1.54, 1.807) is 11.8 Å². The van der Waals surface area contributed by atoms with Gasteiger partial charge in [0.1, 0.15) is 11.6 Å². The number of aromatic nitrogens is 3. The van der Waals surface area contributed by atoms with Gasteiger partial charge in [0.25, 0.3) is 0 Å². The van der Waals surface area contributed by atoms with Gasteiger partial charge in [0.05, 0.1) is 12.4 Å². The Hall–Kier alpha value is -2.54. The van der Waals surface area contributed by atoms with Crippen LogP contribution < -0.4 is 15.4 Å². The number of anilines is 2. The molecule has 7 heteroatoms. The third kappa shape index (κ3) is 4.73. The first-order chi connectivity index (χ1) is 12.1. The summed E-state index contributed by atoms with van der Waals surface area (Å²) in [5, 5.41) is 2.40. The zero-order valence-corrected chi connectivity index (χ0v) is 15.2. The number of nitrogens with two attached hydrogens (primary N) is 1. The van der Waals surface area contributed by atoms with Crippen molar-refractivity contribution in [2.75, 3.05) is 37.1 Å². The summed E-state index contributed by atoms with van der Waals surface area (Å²) in [5.41, 5.74) is 5.73. The standard InChI is InChI=1S/C18H21N5OS/c1-23(2)18-21-16(20-17(19)22-18)12-25-10-9-24-15-8-7-13-5-3-4-6-14(13)11-15/h3-8,11H,9-10,12H2,1-2H3,(H2,19,20,21,22). The molecule has 0 fully saturated rings. The van der Waals surface area contributed by atoms with Crippen LogP contribution in [0.4, 0.5) is 11.9 Å². The summed E-state index contributed by atoms with van der Waals surface area (Å²) in [5.74, 6) is 3.92. The second kappa shape index (κ2) is 8.02. The van der Waals surface area contributed by atoms with Crippen LogP contribution in [0.5, 0.6) is 5.75 Å². The Bertz CT molecular complexity index is 856. The number of nitrogens with zero attached hydrogens (tertiary/aromatic N) is 4. The lowest BCUT2D eigenvalue weighted by atomic mass is 10.1. The van der Waals surface area contributed by atoms with Gasteiger partial charge in [0.15, 0.2) is 0 Å². The Morgan fingerprint density at radius 1 is 1.04 bits per heavy atom. The molecular weight excluding hydrogens is 334 g/mol. The summed E-state index contributed by atoms with van der Waals surface area (Å²) < 4.78 is 5.83. The number of hydrogen-bond acceptors (Lipinski definition) is 7. The molecule has 0 radical (unpaired) electrons. The SMILES string of the molecule is CN(C)c1nc(N)nc(CSCCOc2ccc3ccccc3c2)n1. The average molecular weight is 355 g/mol. The molecule has 0 saturated heterocycles. The molecule has 0 amide bonds. The third-order valence-corrected chi connectivity index (χ3v) is 4.45. The van der Waals surface area contributed by atoms with E-state index in [9.17, 15) is 0 Å². The zero-order valence-electron chi connectivity index (χ0n) is 14.3. The topological polar surface area (TPSA) is 77.2 Å². The molecule has 3 rings (SSSR count). The highest BCUT2D eigenvalue weighted by atomic mass is 32.2. The van der Waals surface area contributed by atoms with Gasteiger partial charge in [0.2, 0.25) is 11.9 Å². The van der Waals surface area contributed by atoms with Crippen molar-refractivity contribution in [3.8, 4) is 5.75 Å². The minimum absolute atomic E-state index is 0.252. The van der Waals surface area contributed by atoms with Crippen molar-refractivity contribution in [2.24, 2.45) is 0 Å². The molecule has 1 aromatic heterocycles. The fraction of sp³-hybridized carbons (Fsp3) is 0.278. The number of thioether (sulfide) groups is 1. The summed E-state index contributed by atoms with van der Waals surface area (Å²) in [7, 11) is 3.76. The Labute approximate surface area is 151 Å². The van der Waals surface area contributed by atoms with Crippen LogP contribution in [0, 0.1) is 0 Å². The summed E-state index contributed by atoms with van der Waals surface area (Å²) in [6, 6.07) is 14.4. The van der Waals surface area contributed by atoms with Crippen molar-refractivity contribution >= 4 is 34.4 Å². The smallest absolute Gasteiger partial charge is 0.229 e. The quantitative estimate of drug-likeness (QED) is 0.653. The molecule has 6 nitrogen and oxygen atoms in total. The first-order valence-corrected chi connectivity index (χ1v) is 9.14. The molecule has 0 saturated carbocycles. The molecule has 1 heterocycles. The van der Waals surface area contributed by atoms with Gasteiger partial charge in [-0.25, -0.2) is 0 Å². The summed E-state index contributed by atoms with van der Waals surface area (Å²) in [4.78, 5) is 14.5. The molecule has 130 valence electrons. The Morgan fingerprint density at radius 2 is 1.84 bits per heavy atom. The van der Waals surface area contributed by atoms with Crippen molar-refractivity contribution in [3.05, 3.63) is 48.3 Å². The van der Waals surface area contributed by atoms with Crippen LogP contribution in [0.1, 0.15) is 5.82 Å². The average Bonchev–Trinajstić information content (AvgIpc) is 2.61. The van der Waals surface area contributed by atoms with E-state index < -0.39 is 0 Å². The Morgan fingerprint density at radius 3 is 2.64 bits per heavy atom. The van der Waals surface area contributed by atoms with E-state index in [-0.39, 0.29) is 5.95 Å². The zero-order chi connectivity index (χ0) is 17.6. The fourth-order valence-corrected chi connectivity index (χ4v) is 2.99. The Balaban J connectivity index is 1.48. The second-order valence-corrected chi connectivity index (χ2v) is 6.82. The molecule has 0 spiro atoms. The highest BCUT2D eigenvalue weighted by Gasteiger charge is 2.06. The molecule has 0 aliphatic carbocycles. The fourth-order valence-electron chi connectivity index (χ4n) is 2.33. The minimum atomic E-state index is 0.252. The van der Waals surface area contributed by atoms with Crippen LogP contribution in [-0.2, 0) is 5.75 Å². The lowest BCUT2D eigenvalue weighted by Crippen LogP contribution is -2.16. The number of benzene rings is 2. The molecule has 2 aromatic carbocycles. The van der Waals surface area contributed by atoms with E-state index in [4.69, 9.17) is 10.5 Å². The van der Waals surface area contributed by atoms with Gasteiger partial charge in [-0.2, -0.15) is 26.7 Å². The number of nitrogen functional groups attached to an aromatic ring is 1. The molecule has 0 atom stereocenters. The van der Waals surface area contributed by atoms with Gasteiger partial charge in [-0.15, -0.1) is 0 Å². The second-order valence-electron chi connectivity index (χ2n) is 5.71. The molecule has 3 aromatic rings. The predicted octanol–water partition coefficient (Wildman–Crippen LogP) is 2.99. The van der Waals surface area contributed by atoms with Crippen LogP contribution in [0.25, 0.3) is 10.8 Å². The molecular formula is C18H21N5OS. The van der Waals surface area contributed by atoms with Crippen LogP contribution >= 0.6 is 11.8 Å². The maximum absolute atomic E-state index is 5.83. The van der Waals surface area contributed by atoms with Crippen LogP contribution in [0.15, 0.2) is 42.5 Å². The largest absolute Gasteiger partial charge is 0.493 e. The van der Waals surface area contributed by atoms with Crippen molar-refractivity contribution in [1.29, 1.82) is 0 Å². The number of hydrogen-bond donors (Lipinski definition) is 1. The maximum atomic E-state index is 5.83. The third-order valence-electron chi connectivity index (χ3n) is 3.54. The molecule has 0 unspecified atom stereocenters. The van der Waals surface area contributed by atoms with Gasteiger partial charge in [-0.05, 0) is 22.9 Å². The van der Waals surface area contributed by atoms with E-state index in [1.165, 1.54) is 10.8 Å². The lowest BCUT2D eigenvalue weighted by molar-refractivity contribution is 0.344. The van der Waals surface area contributed by atoms with Crippen LogP contribution in [0.3, 0.4) is 0 Å².